The highest BCUT2D eigenvalue weighted by Crippen LogP contribution is 2.30. The van der Waals surface area contributed by atoms with Crippen molar-refractivity contribution in [3.05, 3.63) is 4.91 Å². The van der Waals surface area contributed by atoms with Crippen molar-refractivity contribution in [2.75, 3.05) is 19.7 Å². The minimum absolute atomic E-state index is 0.00231. The molecule has 0 saturated carbocycles. The molecule has 0 radical (unpaired) electrons. The van der Waals surface area contributed by atoms with Gasteiger partial charge in [-0.05, 0) is 6.42 Å². The van der Waals surface area contributed by atoms with E-state index in [1.54, 1.807) is 0 Å². The molecule has 1 rings (SSSR count). The van der Waals surface area contributed by atoms with Crippen molar-refractivity contribution >= 4 is 5.97 Å². The van der Waals surface area contributed by atoms with Gasteiger partial charge in [0.25, 0.3) is 0 Å². The number of carboxylic acids is 1. The Morgan fingerprint density at radius 1 is 1.67 bits per heavy atom. The van der Waals surface area contributed by atoms with Gasteiger partial charge in [-0.15, -0.1) is 4.91 Å². The van der Waals surface area contributed by atoms with Gasteiger partial charge in [0, 0.05) is 6.54 Å². The van der Waals surface area contributed by atoms with Crippen LogP contribution in [0.25, 0.3) is 0 Å². The van der Waals surface area contributed by atoms with Gasteiger partial charge in [-0.3, -0.25) is 9.80 Å². The van der Waals surface area contributed by atoms with Crippen LogP contribution in [0.15, 0.2) is 5.29 Å². The maximum atomic E-state index is 10.7. The predicted octanol–water partition coefficient (Wildman–Crippen LogP) is -0.563. The summed E-state index contributed by atoms with van der Waals surface area (Å²) in [5.74, 6) is -1.07. The average Bonchev–Trinajstić information content (AvgIpc) is 2.48. The Hall–Kier alpha value is -1.17. The zero-order chi connectivity index (χ0) is 9.19. The number of aliphatic hydroxyl groups excluding tert-OH is 1. The number of rotatable bonds is 3. The number of aliphatic hydroxyl groups is 1. The summed E-state index contributed by atoms with van der Waals surface area (Å²) in [6.45, 7) is -0.146. The van der Waals surface area contributed by atoms with Gasteiger partial charge in [0.15, 0.2) is 0 Å². The van der Waals surface area contributed by atoms with Gasteiger partial charge in [-0.1, -0.05) is 0 Å². The molecular formula is C6H10N2O4. The van der Waals surface area contributed by atoms with Crippen LogP contribution < -0.4 is 0 Å². The quantitative estimate of drug-likeness (QED) is 0.559. The SMILES string of the molecule is O=NN1CCC(CO)(C(=O)O)C1. The summed E-state index contributed by atoms with van der Waals surface area (Å²) in [4.78, 5) is 20.7. The molecule has 0 amide bonds. The van der Waals surface area contributed by atoms with Crippen LogP contribution in [0.4, 0.5) is 0 Å². The van der Waals surface area contributed by atoms with E-state index in [1.807, 2.05) is 0 Å². The lowest BCUT2D eigenvalue weighted by molar-refractivity contribution is -0.150. The van der Waals surface area contributed by atoms with E-state index in [1.165, 1.54) is 0 Å². The molecular weight excluding hydrogens is 164 g/mol. The Bertz CT molecular complexity index is 208. The molecule has 2 N–H and O–H groups in total. The summed E-state index contributed by atoms with van der Waals surface area (Å²) >= 11 is 0. The zero-order valence-electron chi connectivity index (χ0n) is 6.43. The summed E-state index contributed by atoms with van der Waals surface area (Å²) in [6, 6.07) is 0. The van der Waals surface area contributed by atoms with Crippen molar-refractivity contribution in [2.45, 2.75) is 6.42 Å². The highest BCUT2D eigenvalue weighted by atomic mass is 16.4. The van der Waals surface area contributed by atoms with Crippen LogP contribution in [0.5, 0.6) is 0 Å². The van der Waals surface area contributed by atoms with Crippen molar-refractivity contribution in [3.63, 3.8) is 0 Å². The standard InChI is InChI=1S/C6H10N2O4/c9-4-6(5(10)11)1-2-8(3-6)7-12/h9H,1-4H2,(H,10,11). The van der Waals surface area contributed by atoms with Gasteiger partial charge < -0.3 is 10.2 Å². The number of hydrogen-bond acceptors (Lipinski definition) is 4. The molecule has 0 spiro atoms. The second-order valence-corrected chi connectivity index (χ2v) is 2.96. The molecule has 6 heteroatoms. The normalized spacial score (nSPS) is 28.9. The zero-order valence-corrected chi connectivity index (χ0v) is 6.43. The molecule has 0 aliphatic carbocycles. The fraction of sp³-hybridized carbons (Fsp3) is 0.833. The molecule has 0 aromatic heterocycles. The predicted molar refractivity (Wildman–Crippen MR) is 39.1 cm³/mol. The lowest BCUT2D eigenvalue weighted by Gasteiger charge is -2.19. The van der Waals surface area contributed by atoms with Gasteiger partial charge in [-0.25, -0.2) is 0 Å². The summed E-state index contributed by atoms with van der Waals surface area (Å²) in [5, 5.41) is 21.3. The Kier molecular flexibility index (Phi) is 2.27. The summed E-state index contributed by atoms with van der Waals surface area (Å²) in [5.41, 5.74) is -1.19. The largest absolute Gasteiger partial charge is 0.481 e. The van der Waals surface area contributed by atoms with Crippen molar-refractivity contribution in [1.82, 2.24) is 5.01 Å². The molecule has 1 fully saturated rings. The van der Waals surface area contributed by atoms with Crippen LogP contribution >= 0.6 is 0 Å². The van der Waals surface area contributed by atoms with Crippen molar-refractivity contribution in [2.24, 2.45) is 10.7 Å². The summed E-state index contributed by atoms with van der Waals surface area (Å²) in [6.07, 6.45) is 0.268. The molecule has 0 bridgehead atoms. The molecule has 1 atom stereocenters. The highest BCUT2D eigenvalue weighted by molar-refractivity contribution is 5.75. The minimum atomic E-state index is -1.19. The summed E-state index contributed by atoms with van der Waals surface area (Å²) in [7, 11) is 0. The van der Waals surface area contributed by atoms with E-state index in [4.69, 9.17) is 10.2 Å². The molecule has 68 valence electrons. The van der Waals surface area contributed by atoms with Crippen LogP contribution in [0.1, 0.15) is 6.42 Å². The first kappa shape index (κ1) is 8.92. The van der Waals surface area contributed by atoms with E-state index in [2.05, 4.69) is 5.29 Å². The van der Waals surface area contributed by atoms with E-state index >= 15 is 0 Å². The highest BCUT2D eigenvalue weighted by Gasteiger charge is 2.44. The third-order valence-electron chi connectivity index (χ3n) is 2.21. The first-order valence-corrected chi connectivity index (χ1v) is 3.57. The molecule has 0 aromatic rings. The van der Waals surface area contributed by atoms with Crippen molar-refractivity contribution < 1.29 is 15.0 Å². The molecule has 1 aliphatic heterocycles. The van der Waals surface area contributed by atoms with Gasteiger partial charge in [0.05, 0.1) is 18.4 Å². The Morgan fingerprint density at radius 3 is 2.58 bits per heavy atom. The molecule has 12 heavy (non-hydrogen) atoms. The number of nitroso groups, excluding NO2 is 1. The van der Waals surface area contributed by atoms with Crippen LogP contribution in [0, 0.1) is 10.3 Å². The molecule has 1 heterocycles. The smallest absolute Gasteiger partial charge is 0.313 e. The van der Waals surface area contributed by atoms with Crippen LogP contribution in [0.2, 0.25) is 0 Å². The average molecular weight is 174 g/mol. The number of hydrogen-bond donors (Lipinski definition) is 2. The van der Waals surface area contributed by atoms with E-state index < -0.39 is 18.0 Å². The third kappa shape index (κ3) is 1.25. The van der Waals surface area contributed by atoms with E-state index in [9.17, 15) is 9.70 Å². The monoisotopic (exact) mass is 174 g/mol. The number of carbonyl (C=O) groups is 1. The fourth-order valence-corrected chi connectivity index (χ4v) is 1.29. The van der Waals surface area contributed by atoms with Crippen LogP contribution in [-0.4, -0.2) is 40.9 Å². The third-order valence-corrected chi connectivity index (χ3v) is 2.21. The first-order valence-electron chi connectivity index (χ1n) is 3.57. The second kappa shape index (κ2) is 3.06. The molecule has 1 saturated heterocycles. The van der Waals surface area contributed by atoms with Crippen molar-refractivity contribution in [1.29, 1.82) is 0 Å². The minimum Gasteiger partial charge on any atom is -0.481 e. The number of nitrogens with zero attached hydrogens (tertiary/aromatic N) is 2. The van der Waals surface area contributed by atoms with Crippen molar-refractivity contribution in [3.8, 4) is 0 Å². The van der Waals surface area contributed by atoms with Crippen LogP contribution in [0.3, 0.4) is 0 Å². The molecule has 0 aromatic carbocycles. The van der Waals surface area contributed by atoms with Crippen LogP contribution in [-0.2, 0) is 4.79 Å². The maximum absolute atomic E-state index is 10.7. The molecule has 1 aliphatic rings. The topological polar surface area (TPSA) is 90.2 Å². The lowest BCUT2D eigenvalue weighted by atomic mass is 9.89. The lowest BCUT2D eigenvalue weighted by Crippen LogP contribution is -2.36. The van der Waals surface area contributed by atoms with Gasteiger partial charge >= 0.3 is 5.97 Å². The summed E-state index contributed by atoms with van der Waals surface area (Å²) < 4.78 is 0. The van der Waals surface area contributed by atoms with Gasteiger partial charge in [0.2, 0.25) is 0 Å². The van der Waals surface area contributed by atoms with Gasteiger partial charge in [0.1, 0.15) is 5.41 Å². The number of aliphatic carboxylic acids is 1. The molecule has 6 nitrogen and oxygen atoms in total. The van der Waals surface area contributed by atoms with E-state index in [-0.39, 0.29) is 13.0 Å². The van der Waals surface area contributed by atoms with E-state index in [0.717, 1.165) is 5.01 Å². The van der Waals surface area contributed by atoms with Gasteiger partial charge in [-0.2, -0.15) is 0 Å². The van der Waals surface area contributed by atoms with E-state index in [0.29, 0.717) is 6.54 Å². The Labute approximate surface area is 68.7 Å². The number of carboxylic acid groups (broad SMARTS) is 1. The fourth-order valence-electron chi connectivity index (χ4n) is 1.29. The Balaban J connectivity index is 2.72. The molecule has 1 unspecified atom stereocenters. The Morgan fingerprint density at radius 2 is 2.33 bits per heavy atom. The maximum Gasteiger partial charge on any atom is 0.313 e. The second-order valence-electron chi connectivity index (χ2n) is 2.96. The first-order chi connectivity index (χ1) is 5.64.